The molecule has 27 heavy (non-hydrogen) atoms. The fourth-order valence-corrected chi connectivity index (χ4v) is 5.45. The highest BCUT2D eigenvalue weighted by atomic mass is 35.5. The fraction of sp³-hybridized carbons (Fsp3) is 0.222. The first-order chi connectivity index (χ1) is 12.6. The smallest absolute Gasteiger partial charge is 0.264 e. The van der Waals surface area contributed by atoms with Crippen molar-refractivity contribution in [1.82, 2.24) is 14.1 Å². The topological polar surface area (TPSA) is 80.5 Å². The van der Waals surface area contributed by atoms with Gasteiger partial charge in [0.1, 0.15) is 0 Å². The van der Waals surface area contributed by atoms with E-state index in [9.17, 15) is 13.2 Å². The van der Waals surface area contributed by atoms with E-state index in [2.05, 4.69) is 9.71 Å². The predicted octanol–water partition coefficient (Wildman–Crippen LogP) is 3.80. The number of thiazole rings is 1. The van der Waals surface area contributed by atoms with Gasteiger partial charge in [-0.2, -0.15) is 0 Å². The maximum atomic E-state index is 12.8. The molecule has 0 aliphatic rings. The van der Waals surface area contributed by atoms with Crippen molar-refractivity contribution in [3.05, 3.63) is 56.8 Å². The molecule has 0 bridgehead atoms. The minimum atomic E-state index is -4.00. The third kappa shape index (κ3) is 3.65. The van der Waals surface area contributed by atoms with Crippen molar-refractivity contribution in [2.45, 2.75) is 32.6 Å². The fourth-order valence-electron chi connectivity index (χ4n) is 2.88. The van der Waals surface area contributed by atoms with E-state index >= 15 is 0 Å². The van der Waals surface area contributed by atoms with Gasteiger partial charge in [-0.3, -0.25) is 9.20 Å². The Morgan fingerprint density at radius 1 is 1.22 bits per heavy atom. The number of imidazole rings is 1. The first kappa shape index (κ1) is 19.6. The van der Waals surface area contributed by atoms with Gasteiger partial charge in [0.15, 0.2) is 10.1 Å². The molecule has 3 aromatic rings. The van der Waals surface area contributed by atoms with E-state index in [1.807, 2.05) is 25.3 Å². The number of aromatic nitrogens is 2. The Balaban J connectivity index is 1.90. The number of nitrogens with zero attached hydrogens (tertiary/aromatic N) is 2. The Morgan fingerprint density at radius 3 is 2.48 bits per heavy atom. The molecule has 9 heteroatoms. The lowest BCUT2D eigenvalue weighted by Crippen LogP contribution is -2.30. The number of halogens is 1. The average molecular weight is 424 g/mol. The van der Waals surface area contributed by atoms with E-state index in [-0.39, 0.29) is 10.0 Å². The predicted molar refractivity (Wildman–Crippen MR) is 108 cm³/mol. The lowest BCUT2D eigenvalue weighted by molar-refractivity contribution is -0.114. The Hall–Kier alpha value is -2.16. The van der Waals surface area contributed by atoms with E-state index in [1.165, 1.54) is 17.4 Å². The highest BCUT2D eigenvalue weighted by molar-refractivity contribution is 7.90. The molecule has 0 unspecified atom stereocenters. The van der Waals surface area contributed by atoms with Gasteiger partial charge < -0.3 is 0 Å². The normalized spacial score (nSPS) is 12.2. The number of hydrogen-bond donors (Lipinski definition) is 1. The van der Waals surface area contributed by atoms with E-state index in [0.29, 0.717) is 21.8 Å². The molecular weight excluding hydrogens is 406 g/mol. The molecule has 0 saturated heterocycles. The summed E-state index contributed by atoms with van der Waals surface area (Å²) in [6.07, 6.45) is 4.36. The molecule has 0 aliphatic carbocycles. The van der Waals surface area contributed by atoms with Crippen LogP contribution in [0, 0.1) is 27.7 Å². The molecule has 0 atom stereocenters. The zero-order valence-electron chi connectivity index (χ0n) is 15.2. The van der Waals surface area contributed by atoms with Crippen molar-refractivity contribution < 1.29 is 13.2 Å². The minimum Gasteiger partial charge on any atom is -0.289 e. The molecule has 0 spiro atoms. The highest BCUT2D eigenvalue weighted by Gasteiger charge is 2.23. The largest absolute Gasteiger partial charge is 0.289 e. The van der Waals surface area contributed by atoms with Crippen molar-refractivity contribution >= 4 is 49.9 Å². The zero-order chi connectivity index (χ0) is 19.9. The highest BCUT2D eigenvalue weighted by Crippen LogP contribution is 2.26. The second kappa shape index (κ2) is 7.10. The van der Waals surface area contributed by atoms with E-state index in [0.717, 1.165) is 17.2 Å². The van der Waals surface area contributed by atoms with Crippen LogP contribution >= 0.6 is 22.9 Å². The molecular formula is C18H18ClN3O3S2. The number of rotatable bonds is 4. The number of aryl methyl sites for hydroxylation is 2. The molecule has 1 N–H and O–H groups in total. The van der Waals surface area contributed by atoms with Crippen LogP contribution in [0.1, 0.15) is 27.9 Å². The quantitative estimate of drug-likeness (QED) is 0.647. The second-order valence-corrected chi connectivity index (χ2v) is 9.09. The summed E-state index contributed by atoms with van der Waals surface area (Å²) in [5.74, 6) is -0.755. The van der Waals surface area contributed by atoms with Crippen LogP contribution in [0.3, 0.4) is 0 Å². The monoisotopic (exact) mass is 423 g/mol. The van der Waals surface area contributed by atoms with Crippen LogP contribution in [0.5, 0.6) is 0 Å². The van der Waals surface area contributed by atoms with Crippen molar-refractivity contribution in [2.75, 3.05) is 0 Å². The summed E-state index contributed by atoms with van der Waals surface area (Å²) in [4.78, 5) is 17.3. The van der Waals surface area contributed by atoms with Gasteiger partial charge in [-0.25, -0.2) is 18.1 Å². The first-order valence-electron chi connectivity index (χ1n) is 8.05. The van der Waals surface area contributed by atoms with Crippen LogP contribution in [0.15, 0.2) is 28.6 Å². The molecule has 0 radical (unpaired) electrons. The van der Waals surface area contributed by atoms with Gasteiger partial charge >= 0.3 is 0 Å². The number of amides is 1. The molecule has 1 aromatic carbocycles. The summed E-state index contributed by atoms with van der Waals surface area (Å²) in [6, 6.07) is 1.93. The lowest BCUT2D eigenvalue weighted by atomic mass is 10.0. The Kier molecular flexibility index (Phi) is 5.16. The van der Waals surface area contributed by atoms with Crippen LogP contribution in [0.4, 0.5) is 0 Å². The number of carbonyl (C=O) groups is 1. The average Bonchev–Trinajstić information content (AvgIpc) is 3.11. The van der Waals surface area contributed by atoms with Crippen LogP contribution in [0.25, 0.3) is 11.0 Å². The van der Waals surface area contributed by atoms with E-state index in [4.69, 9.17) is 11.6 Å². The number of nitrogens with one attached hydrogen (secondary N) is 1. The molecule has 2 heterocycles. The van der Waals surface area contributed by atoms with Gasteiger partial charge in [0.05, 0.1) is 10.6 Å². The second-order valence-electron chi connectivity index (χ2n) is 6.24. The van der Waals surface area contributed by atoms with Crippen molar-refractivity contribution in [2.24, 2.45) is 0 Å². The Morgan fingerprint density at radius 2 is 1.85 bits per heavy atom. The summed E-state index contributed by atoms with van der Waals surface area (Å²) in [7, 11) is -4.00. The van der Waals surface area contributed by atoms with Gasteiger partial charge in [0.2, 0.25) is 0 Å². The van der Waals surface area contributed by atoms with Crippen LogP contribution in [-0.2, 0) is 14.8 Å². The van der Waals surface area contributed by atoms with Crippen LogP contribution in [-0.4, -0.2) is 23.7 Å². The summed E-state index contributed by atoms with van der Waals surface area (Å²) >= 11 is 7.48. The summed E-state index contributed by atoms with van der Waals surface area (Å²) in [5, 5.41) is 2.08. The van der Waals surface area contributed by atoms with Gasteiger partial charge in [-0.05, 0) is 56.0 Å². The summed E-state index contributed by atoms with van der Waals surface area (Å²) < 4.78 is 29.4. The third-order valence-corrected chi connectivity index (χ3v) is 7.10. The summed E-state index contributed by atoms with van der Waals surface area (Å²) in [5.41, 5.74) is 3.47. The number of benzene rings is 1. The molecule has 1 amide bonds. The molecule has 0 fully saturated rings. The van der Waals surface area contributed by atoms with E-state index in [1.54, 1.807) is 24.4 Å². The first-order valence-corrected chi connectivity index (χ1v) is 10.8. The Labute approximate surface area is 166 Å². The number of carbonyl (C=O) groups excluding carboxylic acids is 1. The minimum absolute atomic E-state index is 0.143. The zero-order valence-corrected chi connectivity index (χ0v) is 17.6. The van der Waals surface area contributed by atoms with Crippen molar-refractivity contribution in [1.29, 1.82) is 0 Å². The molecule has 3 rings (SSSR count). The van der Waals surface area contributed by atoms with Gasteiger partial charge in [0, 0.05) is 17.7 Å². The van der Waals surface area contributed by atoms with Crippen LogP contribution < -0.4 is 4.72 Å². The maximum Gasteiger partial charge on any atom is 0.264 e. The van der Waals surface area contributed by atoms with Gasteiger partial charge in [0.25, 0.3) is 15.9 Å². The van der Waals surface area contributed by atoms with E-state index < -0.39 is 15.9 Å². The molecule has 0 saturated carbocycles. The van der Waals surface area contributed by atoms with Gasteiger partial charge in [-0.15, -0.1) is 11.3 Å². The van der Waals surface area contributed by atoms with Gasteiger partial charge in [-0.1, -0.05) is 17.7 Å². The van der Waals surface area contributed by atoms with Crippen molar-refractivity contribution in [3.63, 3.8) is 0 Å². The molecule has 2 aromatic heterocycles. The maximum absolute atomic E-state index is 12.8. The number of sulfonamides is 1. The number of hydrogen-bond acceptors (Lipinski definition) is 5. The number of fused-ring (bicyclic) bond motifs is 1. The molecule has 6 nitrogen and oxygen atoms in total. The summed E-state index contributed by atoms with van der Waals surface area (Å²) in [6.45, 7) is 7.15. The standard InChI is InChI=1S/C18H18ClN3O3S2/c1-10-9-11(2)13(4)16(12(10)3)27(24,25)21-15(23)6-5-14-17(19)20-18-22(14)7-8-26-18/h5-9H,1-4H3,(H,21,23)/b6-5+. The van der Waals surface area contributed by atoms with Crippen LogP contribution in [0.2, 0.25) is 5.15 Å². The Bertz CT molecular complexity index is 1160. The molecule has 142 valence electrons. The SMILES string of the molecule is Cc1cc(C)c(C)c(S(=O)(=O)NC(=O)/C=C/c2c(Cl)nc3sccn23)c1C. The third-order valence-electron chi connectivity index (χ3n) is 4.45. The lowest BCUT2D eigenvalue weighted by Gasteiger charge is -2.15. The van der Waals surface area contributed by atoms with Crippen molar-refractivity contribution in [3.8, 4) is 0 Å². The molecule has 0 aliphatic heterocycles.